The van der Waals surface area contributed by atoms with E-state index in [0.717, 1.165) is 57.1 Å². The fourth-order valence-corrected chi connectivity index (χ4v) is 10.9. The number of carbonyl (C=O) groups excluding carboxylic acids is 2. The number of rotatable bonds is 1. The number of esters is 1. The first kappa shape index (κ1) is 25.4. The maximum Gasteiger partial charge on any atom is 0.312 e. The number of carbonyl (C=O) groups is 2. The van der Waals surface area contributed by atoms with Gasteiger partial charge >= 0.3 is 5.97 Å². The third-order valence-electron chi connectivity index (χ3n) is 12.9. The number of fused-ring (bicyclic) bond motifs is 8. The van der Waals surface area contributed by atoms with Gasteiger partial charge in [0.05, 0.1) is 18.7 Å². The van der Waals surface area contributed by atoms with Crippen LogP contribution in [0.4, 0.5) is 0 Å². The van der Waals surface area contributed by atoms with Crippen LogP contribution in [-0.4, -0.2) is 24.0 Å². The summed E-state index contributed by atoms with van der Waals surface area (Å²) in [6, 6.07) is 0. The monoisotopic (exact) mass is 507 g/mol. The Morgan fingerprint density at radius 1 is 1.03 bits per heavy atom. The van der Waals surface area contributed by atoms with Crippen molar-refractivity contribution in [3.63, 3.8) is 0 Å². The molecule has 202 valence electrons. The Balaban J connectivity index is 1.51. The Bertz CT molecular complexity index is 1210. The van der Waals surface area contributed by atoms with Gasteiger partial charge in [0.1, 0.15) is 5.76 Å². The van der Waals surface area contributed by atoms with Gasteiger partial charge in [-0.25, -0.2) is 0 Å². The van der Waals surface area contributed by atoms with E-state index < -0.39 is 5.41 Å². The molecule has 6 rings (SSSR count). The number of aromatic nitrogens is 1. The van der Waals surface area contributed by atoms with Crippen LogP contribution in [0.1, 0.15) is 105 Å². The van der Waals surface area contributed by atoms with Crippen molar-refractivity contribution in [2.24, 2.45) is 44.8 Å². The van der Waals surface area contributed by atoms with Gasteiger partial charge in [-0.3, -0.25) is 9.59 Å². The lowest BCUT2D eigenvalue weighted by molar-refractivity contribution is -0.191. The molecule has 5 aliphatic rings. The lowest BCUT2D eigenvalue weighted by Gasteiger charge is -2.69. The number of ether oxygens (including phenoxy) is 1. The average Bonchev–Trinajstić information content (AvgIpc) is 3.28. The molecule has 5 heteroatoms. The zero-order valence-corrected chi connectivity index (χ0v) is 24.1. The molecule has 3 saturated carbocycles. The third kappa shape index (κ3) is 2.95. The zero-order valence-electron chi connectivity index (χ0n) is 24.1. The van der Waals surface area contributed by atoms with Gasteiger partial charge in [0, 0.05) is 16.9 Å². The molecule has 0 radical (unpaired) electrons. The molecule has 0 aliphatic heterocycles. The fraction of sp³-hybridized carbons (Fsp3) is 0.781. The van der Waals surface area contributed by atoms with Crippen molar-refractivity contribution >= 4 is 11.8 Å². The quantitative estimate of drug-likeness (QED) is 0.389. The van der Waals surface area contributed by atoms with E-state index in [4.69, 9.17) is 9.26 Å². The van der Waals surface area contributed by atoms with Crippen LogP contribution in [0.5, 0.6) is 0 Å². The van der Waals surface area contributed by atoms with Crippen LogP contribution < -0.4 is 0 Å². The molecule has 1 aromatic rings. The largest absolute Gasteiger partial charge is 0.469 e. The van der Waals surface area contributed by atoms with Crippen LogP contribution in [0.3, 0.4) is 0 Å². The van der Waals surface area contributed by atoms with Crippen molar-refractivity contribution in [3.05, 3.63) is 29.2 Å². The van der Waals surface area contributed by atoms with Crippen LogP contribution in [-0.2, 0) is 26.2 Å². The number of methoxy groups -OCH3 is 1. The molecule has 0 spiro atoms. The predicted octanol–water partition coefficient (Wildman–Crippen LogP) is 6.84. The van der Waals surface area contributed by atoms with Crippen molar-refractivity contribution in [1.29, 1.82) is 0 Å². The van der Waals surface area contributed by atoms with E-state index in [2.05, 4.69) is 59.7 Å². The van der Waals surface area contributed by atoms with Crippen molar-refractivity contribution in [2.45, 2.75) is 105 Å². The molecule has 1 aromatic heterocycles. The second-order valence-electron chi connectivity index (χ2n) is 15.4. The molecule has 3 fully saturated rings. The summed E-state index contributed by atoms with van der Waals surface area (Å²) in [5, 5.41) is 4.19. The topological polar surface area (TPSA) is 69.4 Å². The molecule has 37 heavy (non-hydrogen) atoms. The average molecular weight is 508 g/mol. The summed E-state index contributed by atoms with van der Waals surface area (Å²) in [5.74, 6) is 1.46. The maximum atomic E-state index is 14.5. The minimum atomic E-state index is -0.531. The summed E-state index contributed by atoms with van der Waals surface area (Å²) < 4.78 is 11.2. The first-order valence-electron chi connectivity index (χ1n) is 14.5. The minimum Gasteiger partial charge on any atom is -0.469 e. The van der Waals surface area contributed by atoms with Crippen molar-refractivity contribution in [2.75, 3.05) is 7.11 Å². The molecule has 0 aromatic carbocycles. The zero-order chi connectivity index (χ0) is 26.8. The van der Waals surface area contributed by atoms with Gasteiger partial charge in [-0.1, -0.05) is 59.2 Å². The number of nitrogens with zero attached hydrogens (tertiary/aromatic N) is 1. The molecular weight excluding hydrogens is 462 g/mol. The van der Waals surface area contributed by atoms with E-state index in [1.807, 2.05) is 6.20 Å². The summed E-state index contributed by atoms with van der Waals surface area (Å²) in [6.07, 6.45) is 11.5. The van der Waals surface area contributed by atoms with Crippen molar-refractivity contribution in [3.8, 4) is 0 Å². The lowest BCUT2D eigenvalue weighted by atomic mass is 9.34. The summed E-state index contributed by atoms with van der Waals surface area (Å²) in [5.41, 5.74) is 1.59. The molecule has 0 amide bonds. The Morgan fingerprint density at radius 2 is 1.73 bits per heavy atom. The van der Waals surface area contributed by atoms with Gasteiger partial charge in [0.15, 0.2) is 5.78 Å². The Kier molecular flexibility index (Phi) is 5.06. The van der Waals surface area contributed by atoms with Crippen LogP contribution in [0.15, 0.2) is 22.4 Å². The minimum absolute atomic E-state index is 0.0302. The standard InChI is InChI=1S/C32H45NO4/c1-27(2)11-13-32(26(35)36-8)14-12-31(7)24(20(32)17-27)21(34)15-23-29(5)16-19-18-33-37-25(19)28(3,4)22(29)9-10-30(23,31)6/h15,18,20,22,24H,9-14,16-17H2,1-8H3/t20-,22+,24+,29+,30-,31-,32+/m1/s1. The van der Waals surface area contributed by atoms with E-state index in [1.165, 1.54) is 18.2 Å². The Hall–Kier alpha value is -1.91. The second kappa shape index (κ2) is 7.39. The Morgan fingerprint density at radius 3 is 2.43 bits per heavy atom. The smallest absolute Gasteiger partial charge is 0.312 e. The summed E-state index contributed by atoms with van der Waals surface area (Å²) in [4.78, 5) is 27.9. The van der Waals surface area contributed by atoms with Crippen LogP contribution >= 0.6 is 0 Å². The normalized spacial score (nSPS) is 45.4. The molecule has 0 bridgehead atoms. The molecule has 0 unspecified atom stereocenters. The highest BCUT2D eigenvalue weighted by atomic mass is 16.5. The summed E-state index contributed by atoms with van der Waals surface area (Å²) in [7, 11) is 1.52. The molecule has 5 aliphatic carbocycles. The maximum absolute atomic E-state index is 14.5. The van der Waals surface area contributed by atoms with Gasteiger partial charge in [-0.2, -0.15) is 0 Å². The van der Waals surface area contributed by atoms with E-state index in [9.17, 15) is 9.59 Å². The summed E-state index contributed by atoms with van der Waals surface area (Å²) >= 11 is 0. The fourth-order valence-electron chi connectivity index (χ4n) is 10.9. The first-order valence-corrected chi connectivity index (χ1v) is 14.5. The summed E-state index contributed by atoms with van der Waals surface area (Å²) in [6.45, 7) is 16.5. The number of allylic oxidation sites excluding steroid dienone is 2. The molecular formula is C32H45NO4. The number of hydrogen-bond donors (Lipinski definition) is 0. The van der Waals surface area contributed by atoms with Gasteiger partial charge in [0.2, 0.25) is 0 Å². The molecule has 0 N–H and O–H groups in total. The van der Waals surface area contributed by atoms with Gasteiger partial charge in [-0.05, 0) is 90.9 Å². The Labute approximate surface area is 222 Å². The van der Waals surface area contributed by atoms with Crippen LogP contribution in [0.2, 0.25) is 0 Å². The highest BCUT2D eigenvalue weighted by Gasteiger charge is 2.71. The van der Waals surface area contributed by atoms with Crippen molar-refractivity contribution in [1.82, 2.24) is 5.16 Å². The van der Waals surface area contributed by atoms with Crippen LogP contribution in [0, 0.1) is 44.8 Å². The molecule has 5 nitrogen and oxygen atoms in total. The first-order chi connectivity index (χ1) is 17.2. The van der Waals surface area contributed by atoms with Gasteiger partial charge in [-0.15, -0.1) is 0 Å². The second-order valence-corrected chi connectivity index (χ2v) is 15.4. The number of ketones is 1. The number of hydrogen-bond acceptors (Lipinski definition) is 5. The predicted molar refractivity (Wildman–Crippen MR) is 142 cm³/mol. The van der Waals surface area contributed by atoms with E-state index >= 15 is 0 Å². The third-order valence-corrected chi connectivity index (χ3v) is 12.9. The molecule has 7 atom stereocenters. The van der Waals surface area contributed by atoms with Gasteiger partial charge in [0.25, 0.3) is 0 Å². The highest BCUT2D eigenvalue weighted by Crippen LogP contribution is 2.74. The highest BCUT2D eigenvalue weighted by molar-refractivity contribution is 5.96. The van der Waals surface area contributed by atoms with E-state index in [0.29, 0.717) is 5.92 Å². The van der Waals surface area contributed by atoms with Crippen molar-refractivity contribution < 1.29 is 18.8 Å². The van der Waals surface area contributed by atoms with E-state index in [-0.39, 0.29) is 50.7 Å². The molecule has 1 heterocycles. The van der Waals surface area contributed by atoms with Crippen LogP contribution in [0.25, 0.3) is 0 Å². The molecule has 0 saturated heterocycles. The SMILES string of the molecule is COC(=O)[C@]12CCC(C)(C)C[C@@H]1[C@H]1C(=O)C=C3[C@@]4(C)Cc5cnoc5C(C)(C)[C@@H]4CC[C@@]3(C)[C@]1(C)CC2. The van der Waals surface area contributed by atoms with Gasteiger partial charge < -0.3 is 9.26 Å². The lowest BCUT2D eigenvalue weighted by Crippen LogP contribution is -2.66. The van der Waals surface area contributed by atoms with E-state index in [1.54, 1.807) is 0 Å².